The number of nitrogens with zero attached hydrogens (tertiary/aromatic N) is 5. The molecule has 1 amide bonds. The second-order valence-corrected chi connectivity index (χ2v) is 11.2. The zero-order valence-electron chi connectivity index (χ0n) is 21.0. The molecule has 0 bridgehead atoms. The maximum absolute atomic E-state index is 11.2. The largest absolute Gasteiger partial charge is 0.463 e. The number of imidazole rings is 1. The van der Waals surface area contributed by atoms with Gasteiger partial charge in [-0.25, -0.2) is 19.7 Å². The predicted octanol–water partition coefficient (Wildman–Crippen LogP) is 5.29. The minimum Gasteiger partial charge on any atom is -0.463 e. The third-order valence-electron chi connectivity index (χ3n) is 8.60. The van der Waals surface area contributed by atoms with Crippen LogP contribution in [-0.4, -0.2) is 42.6 Å². The third-order valence-corrected chi connectivity index (χ3v) is 8.60. The molecule has 1 unspecified atom stereocenters. The fourth-order valence-corrected chi connectivity index (χ4v) is 6.14. The average Bonchev–Trinajstić information content (AvgIpc) is 3.42. The van der Waals surface area contributed by atoms with Crippen LogP contribution >= 0.6 is 0 Å². The van der Waals surface area contributed by atoms with Gasteiger partial charge in [0.1, 0.15) is 11.3 Å². The van der Waals surface area contributed by atoms with Crippen LogP contribution in [0.25, 0.3) is 11.2 Å². The smallest absolute Gasteiger partial charge is 0.433 e. The van der Waals surface area contributed by atoms with Crippen LogP contribution in [0, 0.1) is 17.8 Å². The predicted molar refractivity (Wildman–Crippen MR) is 137 cm³/mol. The molecule has 190 valence electrons. The summed E-state index contributed by atoms with van der Waals surface area (Å²) < 4.78 is 2.40. The molecule has 0 aliphatic heterocycles. The molecule has 1 atom stereocenters. The highest BCUT2D eigenvalue weighted by atomic mass is 16.4. The molecule has 9 heteroatoms. The van der Waals surface area contributed by atoms with Gasteiger partial charge in [-0.05, 0) is 63.2 Å². The van der Waals surface area contributed by atoms with Gasteiger partial charge in [0.05, 0.1) is 0 Å². The van der Waals surface area contributed by atoms with Gasteiger partial charge in [-0.3, -0.25) is 0 Å². The summed E-state index contributed by atoms with van der Waals surface area (Å²) in [6.45, 7) is 5.49. The first-order valence-corrected chi connectivity index (χ1v) is 13.5. The Morgan fingerprint density at radius 1 is 1.09 bits per heavy atom. The average molecular weight is 482 g/mol. The van der Waals surface area contributed by atoms with Crippen molar-refractivity contribution >= 4 is 28.9 Å². The number of amidine groups is 1. The minimum atomic E-state index is -1.35. The van der Waals surface area contributed by atoms with Crippen LogP contribution in [-0.2, 0) is 6.54 Å². The Morgan fingerprint density at radius 2 is 1.80 bits per heavy atom. The topological polar surface area (TPSA) is 131 Å². The number of carbonyl (C=O) groups is 1. The zero-order chi connectivity index (χ0) is 24.5. The highest BCUT2D eigenvalue weighted by Gasteiger charge is 2.30. The lowest BCUT2D eigenvalue weighted by molar-refractivity contribution is 0.205. The van der Waals surface area contributed by atoms with Gasteiger partial charge in [0.25, 0.3) is 0 Å². The van der Waals surface area contributed by atoms with E-state index in [1.54, 1.807) is 0 Å². The van der Waals surface area contributed by atoms with Crippen LogP contribution in [0.3, 0.4) is 0 Å². The van der Waals surface area contributed by atoms with Gasteiger partial charge in [0, 0.05) is 18.5 Å². The van der Waals surface area contributed by atoms with Gasteiger partial charge >= 0.3 is 6.09 Å². The molecule has 5 rings (SSSR count). The molecule has 0 saturated heterocycles. The van der Waals surface area contributed by atoms with Gasteiger partial charge < -0.3 is 20.7 Å². The Bertz CT molecular complexity index is 1090. The Kier molecular flexibility index (Phi) is 6.93. The number of fused-ring (bicyclic) bond motifs is 1. The van der Waals surface area contributed by atoms with E-state index in [1.165, 1.54) is 57.8 Å². The Balaban J connectivity index is 1.60. The van der Waals surface area contributed by atoms with Crippen molar-refractivity contribution < 1.29 is 9.90 Å². The second kappa shape index (κ2) is 10.1. The maximum atomic E-state index is 11.2. The van der Waals surface area contributed by atoms with E-state index in [0.717, 1.165) is 36.6 Å². The molecule has 3 fully saturated rings. The summed E-state index contributed by atoms with van der Waals surface area (Å²) in [4.78, 5) is 29.1. The molecule has 2 aromatic rings. The molecule has 4 N–H and O–H groups in total. The third kappa shape index (κ3) is 5.14. The minimum absolute atomic E-state index is 0.123. The van der Waals surface area contributed by atoms with Crippen molar-refractivity contribution in [3.63, 3.8) is 0 Å². The van der Waals surface area contributed by atoms with Crippen LogP contribution in [0.15, 0.2) is 4.99 Å². The molecule has 2 heterocycles. The Hall–Kier alpha value is -2.71. The molecule has 0 spiro atoms. The van der Waals surface area contributed by atoms with Crippen LogP contribution in [0.1, 0.15) is 102 Å². The highest BCUT2D eigenvalue weighted by Crippen LogP contribution is 2.39. The van der Waals surface area contributed by atoms with E-state index < -0.39 is 6.09 Å². The van der Waals surface area contributed by atoms with Gasteiger partial charge in [-0.2, -0.15) is 4.99 Å². The summed E-state index contributed by atoms with van der Waals surface area (Å²) in [5.41, 5.74) is 7.52. The maximum Gasteiger partial charge on any atom is 0.433 e. The van der Waals surface area contributed by atoms with E-state index in [2.05, 4.69) is 33.7 Å². The van der Waals surface area contributed by atoms with E-state index in [4.69, 9.17) is 20.8 Å². The van der Waals surface area contributed by atoms with Crippen LogP contribution < -0.4 is 11.1 Å². The van der Waals surface area contributed by atoms with E-state index in [9.17, 15) is 4.79 Å². The lowest BCUT2D eigenvalue weighted by Gasteiger charge is -2.32. The highest BCUT2D eigenvalue weighted by molar-refractivity contribution is 6.01. The van der Waals surface area contributed by atoms with Crippen molar-refractivity contribution in [2.75, 3.05) is 5.32 Å². The summed E-state index contributed by atoms with van der Waals surface area (Å²) in [6.07, 6.45) is 12.1. The van der Waals surface area contributed by atoms with Crippen molar-refractivity contribution in [2.45, 2.75) is 103 Å². The van der Waals surface area contributed by atoms with Gasteiger partial charge in [0.2, 0.25) is 0 Å². The Morgan fingerprint density at radius 3 is 2.43 bits per heavy atom. The van der Waals surface area contributed by atoms with E-state index >= 15 is 0 Å². The van der Waals surface area contributed by atoms with Gasteiger partial charge in [-0.1, -0.05) is 39.0 Å². The van der Waals surface area contributed by atoms with Crippen molar-refractivity contribution in [1.82, 2.24) is 19.5 Å². The number of anilines is 1. The number of amides is 1. The van der Waals surface area contributed by atoms with Crippen molar-refractivity contribution in [2.24, 2.45) is 28.5 Å². The van der Waals surface area contributed by atoms with Gasteiger partial charge in [0.15, 0.2) is 23.1 Å². The molecular weight excluding hydrogens is 442 g/mol. The summed E-state index contributed by atoms with van der Waals surface area (Å²) in [7, 11) is 0. The number of hydrogen-bond donors (Lipinski definition) is 3. The molecule has 3 aliphatic carbocycles. The molecule has 35 heavy (non-hydrogen) atoms. The normalized spacial score (nSPS) is 25.0. The van der Waals surface area contributed by atoms with E-state index in [0.29, 0.717) is 29.2 Å². The number of rotatable bonds is 7. The molecule has 3 aliphatic rings. The first-order valence-electron chi connectivity index (χ1n) is 13.5. The van der Waals surface area contributed by atoms with Gasteiger partial charge in [-0.15, -0.1) is 0 Å². The SMILES string of the molecule is CC1CCC(Cn2c(C3CCCC3)nc3nc(C(N)=NC(=O)O)nc(NC(C)C4CCC4)c32)CC1. The number of nitrogens with one attached hydrogen (secondary N) is 1. The molecule has 0 radical (unpaired) electrons. The standard InChI is InChI=1S/C26H39N7O2/c1-15-10-12-17(13-11-15)14-33-20-22(28-16(2)18-8-5-9-18)30-24(21(27)29-26(34)35)31-23(20)32-25(33)19-6-3-4-7-19/h15-19H,3-14H2,1-2H3,(H2,27,29)(H,34,35)(H,28,30,31). The summed E-state index contributed by atoms with van der Waals surface area (Å²) in [6, 6.07) is 0.251. The van der Waals surface area contributed by atoms with Crippen molar-refractivity contribution in [3.8, 4) is 0 Å². The molecule has 2 aromatic heterocycles. The monoisotopic (exact) mass is 481 g/mol. The second-order valence-electron chi connectivity index (χ2n) is 11.2. The lowest BCUT2D eigenvalue weighted by Crippen LogP contribution is -2.32. The summed E-state index contributed by atoms with van der Waals surface area (Å²) in [5.74, 6) is 4.21. The molecular formula is C26H39N7O2. The molecule has 9 nitrogen and oxygen atoms in total. The fraction of sp³-hybridized carbons (Fsp3) is 0.731. The van der Waals surface area contributed by atoms with Crippen molar-refractivity contribution in [3.05, 3.63) is 11.6 Å². The number of carboxylic acid groups (broad SMARTS) is 1. The first kappa shape index (κ1) is 24.0. The summed E-state index contributed by atoms with van der Waals surface area (Å²) in [5, 5.41) is 12.8. The van der Waals surface area contributed by atoms with Crippen LogP contribution in [0.2, 0.25) is 0 Å². The van der Waals surface area contributed by atoms with Crippen LogP contribution in [0.5, 0.6) is 0 Å². The lowest BCUT2D eigenvalue weighted by atomic mass is 9.80. The van der Waals surface area contributed by atoms with E-state index in [1.807, 2.05) is 0 Å². The molecule has 0 aromatic carbocycles. The fourth-order valence-electron chi connectivity index (χ4n) is 6.14. The van der Waals surface area contributed by atoms with E-state index in [-0.39, 0.29) is 17.7 Å². The quantitative estimate of drug-likeness (QED) is 0.361. The number of nitrogens with two attached hydrogens (primary N) is 1. The number of aliphatic imine (C=N–C) groups is 1. The molecule has 3 saturated carbocycles. The number of aromatic nitrogens is 4. The van der Waals surface area contributed by atoms with Crippen LogP contribution in [0.4, 0.5) is 10.6 Å². The summed E-state index contributed by atoms with van der Waals surface area (Å²) >= 11 is 0. The van der Waals surface area contributed by atoms with Crippen molar-refractivity contribution in [1.29, 1.82) is 0 Å². The Labute approximate surface area is 207 Å². The zero-order valence-corrected chi connectivity index (χ0v) is 21.0. The number of hydrogen-bond acceptors (Lipinski definition) is 5. The first-order chi connectivity index (χ1) is 16.9.